The number of nitrogens with two attached hydrogens (primary N) is 1. The van der Waals surface area contributed by atoms with Crippen LogP contribution in [0, 0.1) is 0 Å². The van der Waals surface area contributed by atoms with E-state index in [1.54, 1.807) is 6.07 Å². The van der Waals surface area contributed by atoms with E-state index in [2.05, 4.69) is 25.9 Å². The summed E-state index contributed by atoms with van der Waals surface area (Å²) in [4.78, 5) is 7.79. The van der Waals surface area contributed by atoms with Crippen LogP contribution < -0.4 is 5.73 Å². The molecule has 0 atom stereocenters. The lowest BCUT2D eigenvalue weighted by Gasteiger charge is -2.00. The molecule has 3 nitrogen and oxygen atoms in total. The van der Waals surface area contributed by atoms with E-state index in [0.29, 0.717) is 22.2 Å². The Kier molecular flexibility index (Phi) is 3.63. The first-order valence-corrected chi connectivity index (χ1v) is 7.45. The van der Waals surface area contributed by atoms with Crippen LogP contribution in [0.4, 0.5) is 5.69 Å². The van der Waals surface area contributed by atoms with Gasteiger partial charge in [0.15, 0.2) is 0 Å². The molecule has 0 aliphatic rings. The number of H-pyrrole nitrogens is 1. The number of hydrogen-bond donors (Lipinski definition) is 2. The fourth-order valence-electron chi connectivity index (χ4n) is 2.09. The summed E-state index contributed by atoms with van der Waals surface area (Å²) in [6, 6.07) is 9.35. The van der Waals surface area contributed by atoms with Crippen molar-refractivity contribution in [3.63, 3.8) is 0 Å². The number of nitrogen functional groups attached to an aromatic ring is 1. The average Bonchev–Trinajstić information content (AvgIpc) is 2.76. The molecule has 102 valence electrons. The molecule has 0 radical (unpaired) electrons. The molecule has 3 N–H and O–H groups in total. The van der Waals surface area contributed by atoms with E-state index < -0.39 is 0 Å². The SMILES string of the molecule is Nc1cc(Br)cc2[nH]c(Cc3ccc(Cl)c(Cl)c3)nc12. The number of halogens is 3. The molecule has 3 rings (SSSR count). The van der Waals surface area contributed by atoms with Gasteiger partial charge in [-0.3, -0.25) is 0 Å². The molecular formula is C14H10BrCl2N3. The summed E-state index contributed by atoms with van der Waals surface area (Å²) >= 11 is 15.3. The first-order chi connectivity index (χ1) is 9.52. The number of benzene rings is 2. The molecule has 0 aliphatic carbocycles. The maximum atomic E-state index is 6.02. The second kappa shape index (κ2) is 5.28. The van der Waals surface area contributed by atoms with Gasteiger partial charge in [-0.05, 0) is 29.8 Å². The Labute approximate surface area is 134 Å². The molecule has 0 saturated carbocycles. The summed E-state index contributed by atoms with van der Waals surface area (Å²) < 4.78 is 0.923. The Morgan fingerprint density at radius 3 is 2.70 bits per heavy atom. The first kappa shape index (κ1) is 13.7. The van der Waals surface area contributed by atoms with E-state index >= 15 is 0 Å². The minimum absolute atomic E-state index is 0.544. The summed E-state index contributed by atoms with van der Waals surface area (Å²) in [5.74, 6) is 0.836. The predicted molar refractivity (Wildman–Crippen MR) is 87.5 cm³/mol. The summed E-state index contributed by atoms with van der Waals surface area (Å²) in [6.07, 6.45) is 0.641. The number of rotatable bonds is 2. The fraction of sp³-hybridized carbons (Fsp3) is 0.0714. The van der Waals surface area contributed by atoms with Crippen LogP contribution in [0.3, 0.4) is 0 Å². The van der Waals surface area contributed by atoms with E-state index in [1.165, 1.54) is 0 Å². The molecule has 0 saturated heterocycles. The number of fused-ring (bicyclic) bond motifs is 1. The third-order valence-electron chi connectivity index (χ3n) is 2.99. The largest absolute Gasteiger partial charge is 0.397 e. The van der Waals surface area contributed by atoms with Crippen LogP contribution in [0.2, 0.25) is 10.0 Å². The van der Waals surface area contributed by atoms with Gasteiger partial charge in [-0.2, -0.15) is 0 Å². The van der Waals surface area contributed by atoms with Crippen LogP contribution in [0.25, 0.3) is 11.0 Å². The Morgan fingerprint density at radius 1 is 1.15 bits per heavy atom. The number of nitrogens with one attached hydrogen (secondary N) is 1. The minimum atomic E-state index is 0.544. The topological polar surface area (TPSA) is 54.7 Å². The molecule has 0 bridgehead atoms. The number of nitrogens with zero attached hydrogens (tertiary/aromatic N) is 1. The van der Waals surface area contributed by atoms with Crippen molar-refractivity contribution >= 4 is 55.9 Å². The van der Waals surface area contributed by atoms with Crippen molar-refractivity contribution in [1.82, 2.24) is 9.97 Å². The maximum absolute atomic E-state index is 6.02. The Hall–Kier alpha value is -1.23. The van der Waals surface area contributed by atoms with Gasteiger partial charge in [0.25, 0.3) is 0 Å². The monoisotopic (exact) mass is 369 g/mol. The van der Waals surface area contributed by atoms with Gasteiger partial charge in [-0.15, -0.1) is 0 Å². The van der Waals surface area contributed by atoms with E-state index in [4.69, 9.17) is 28.9 Å². The second-order valence-electron chi connectivity index (χ2n) is 4.50. The standard InChI is InChI=1S/C14H10BrCl2N3/c15-8-5-11(18)14-12(6-8)19-13(20-14)4-7-1-2-9(16)10(17)3-7/h1-3,5-6H,4,18H2,(H,19,20). The lowest BCUT2D eigenvalue weighted by Crippen LogP contribution is -1.91. The molecule has 1 heterocycles. The van der Waals surface area contributed by atoms with E-state index in [1.807, 2.05) is 24.3 Å². The van der Waals surface area contributed by atoms with E-state index in [9.17, 15) is 0 Å². The van der Waals surface area contributed by atoms with Crippen LogP contribution in [0.1, 0.15) is 11.4 Å². The zero-order valence-corrected chi connectivity index (χ0v) is 13.4. The Bertz CT molecular complexity index is 798. The molecule has 20 heavy (non-hydrogen) atoms. The molecule has 1 aromatic heterocycles. The predicted octanol–water partition coefficient (Wildman–Crippen LogP) is 4.81. The van der Waals surface area contributed by atoms with Gasteiger partial charge >= 0.3 is 0 Å². The van der Waals surface area contributed by atoms with Crippen molar-refractivity contribution in [2.45, 2.75) is 6.42 Å². The fourth-order valence-corrected chi connectivity index (χ4v) is 2.88. The van der Waals surface area contributed by atoms with Crippen molar-refractivity contribution in [2.24, 2.45) is 0 Å². The van der Waals surface area contributed by atoms with Gasteiger partial charge in [0.05, 0.1) is 21.2 Å². The second-order valence-corrected chi connectivity index (χ2v) is 6.23. The Balaban J connectivity index is 1.98. The van der Waals surface area contributed by atoms with Gasteiger partial charge in [0.2, 0.25) is 0 Å². The van der Waals surface area contributed by atoms with Crippen LogP contribution in [0.15, 0.2) is 34.8 Å². The van der Waals surface area contributed by atoms with E-state index in [-0.39, 0.29) is 0 Å². The third-order valence-corrected chi connectivity index (χ3v) is 4.18. The smallest absolute Gasteiger partial charge is 0.112 e. The number of anilines is 1. The molecule has 0 amide bonds. The molecular weight excluding hydrogens is 361 g/mol. The van der Waals surface area contributed by atoms with Crippen LogP contribution in [0.5, 0.6) is 0 Å². The first-order valence-electron chi connectivity index (χ1n) is 5.90. The molecule has 0 fully saturated rings. The summed E-state index contributed by atoms with van der Waals surface area (Å²) in [6.45, 7) is 0. The highest BCUT2D eigenvalue weighted by atomic mass is 79.9. The van der Waals surface area contributed by atoms with Crippen molar-refractivity contribution in [3.8, 4) is 0 Å². The zero-order chi connectivity index (χ0) is 14.3. The molecule has 0 aliphatic heterocycles. The lowest BCUT2D eigenvalue weighted by atomic mass is 10.1. The van der Waals surface area contributed by atoms with Gasteiger partial charge in [0, 0.05) is 10.9 Å². The summed E-state index contributed by atoms with van der Waals surface area (Å²) in [7, 11) is 0. The normalized spacial score (nSPS) is 11.2. The Morgan fingerprint density at radius 2 is 1.95 bits per heavy atom. The lowest BCUT2D eigenvalue weighted by molar-refractivity contribution is 1.04. The highest BCUT2D eigenvalue weighted by Gasteiger charge is 2.08. The van der Waals surface area contributed by atoms with Crippen molar-refractivity contribution in [1.29, 1.82) is 0 Å². The minimum Gasteiger partial charge on any atom is -0.397 e. The van der Waals surface area contributed by atoms with Gasteiger partial charge in [-0.1, -0.05) is 45.2 Å². The highest BCUT2D eigenvalue weighted by Crippen LogP contribution is 2.26. The third kappa shape index (κ3) is 2.64. The number of hydrogen-bond acceptors (Lipinski definition) is 2. The number of aromatic amines is 1. The van der Waals surface area contributed by atoms with Crippen LogP contribution in [-0.4, -0.2) is 9.97 Å². The van der Waals surface area contributed by atoms with E-state index in [0.717, 1.165) is 26.9 Å². The number of aromatic nitrogens is 2. The molecule has 3 aromatic rings. The average molecular weight is 371 g/mol. The van der Waals surface area contributed by atoms with Gasteiger partial charge in [-0.25, -0.2) is 4.98 Å². The molecule has 2 aromatic carbocycles. The van der Waals surface area contributed by atoms with Crippen LogP contribution in [-0.2, 0) is 6.42 Å². The summed E-state index contributed by atoms with van der Waals surface area (Å²) in [5.41, 5.74) is 9.33. The zero-order valence-electron chi connectivity index (χ0n) is 10.3. The van der Waals surface area contributed by atoms with Crippen molar-refractivity contribution in [3.05, 3.63) is 56.2 Å². The maximum Gasteiger partial charge on any atom is 0.112 e. The van der Waals surface area contributed by atoms with Gasteiger partial charge < -0.3 is 10.7 Å². The summed E-state index contributed by atoms with van der Waals surface area (Å²) in [5, 5.41) is 1.09. The number of imidazole rings is 1. The van der Waals surface area contributed by atoms with Crippen molar-refractivity contribution < 1.29 is 0 Å². The van der Waals surface area contributed by atoms with Crippen LogP contribution >= 0.6 is 39.1 Å². The molecule has 0 unspecified atom stereocenters. The molecule has 6 heteroatoms. The van der Waals surface area contributed by atoms with Crippen molar-refractivity contribution in [2.75, 3.05) is 5.73 Å². The quantitative estimate of drug-likeness (QED) is 0.636. The highest BCUT2D eigenvalue weighted by molar-refractivity contribution is 9.10. The molecule has 0 spiro atoms. The van der Waals surface area contributed by atoms with Gasteiger partial charge in [0.1, 0.15) is 11.3 Å².